The summed E-state index contributed by atoms with van der Waals surface area (Å²) in [7, 11) is 0. The Morgan fingerprint density at radius 3 is 2.88 bits per heavy atom. The summed E-state index contributed by atoms with van der Waals surface area (Å²) < 4.78 is 15.0. The van der Waals surface area contributed by atoms with Crippen molar-refractivity contribution in [2.24, 2.45) is 0 Å². The number of hydrogen-bond acceptors (Lipinski definition) is 4. The monoisotopic (exact) mass is 252 g/mol. The second-order valence-electron chi connectivity index (χ2n) is 3.16. The largest absolute Gasteiger partial charge is 0.456 e. The maximum absolute atomic E-state index is 11.1. The third-order valence-corrected chi connectivity index (χ3v) is 2.35. The predicted octanol–water partition coefficient (Wildman–Crippen LogP) is 1.98. The van der Waals surface area contributed by atoms with Crippen LogP contribution in [0.3, 0.4) is 0 Å². The highest BCUT2D eigenvalue weighted by Gasteiger charge is 2.15. The molecule has 0 unspecified atom stereocenters. The zero-order valence-corrected chi connectivity index (χ0v) is 9.84. The van der Waals surface area contributed by atoms with Crippen molar-refractivity contribution in [3.8, 4) is 23.3 Å². The summed E-state index contributed by atoms with van der Waals surface area (Å²) >= 11 is 5.98. The number of hydrogen-bond donors (Lipinski definition) is 0. The van der Waals surface area contributed by atoms with Gasteiger partial charge in [0.1, 0.15) is 0 Å². The van der Waals surface area contributed by atoms with Crippen LogP contribution in [0, 0.1) is 11.8 Å². The standard InChI is InChI=1S/C12H9ClO4/c1-2-15-12(14)4-3-8-5-10-11(6-9(8)13)17-7-16-10/h5-6H,2,7H2,1H3. The van der Waals surface area contributed by atoms with Crippen molar-refractivity contribution in [3.63, 3.8) is 0 Å². The van der Waals surface area contributed by atoms with Gasteiger partial charge < -0.3 is 14.2 Å². The lowest BCUT2D eigenvalue weighted by Gasteiger charge is -1.99. The van der Waals surface area contributed by atoms with Crippen LogP contribution in [0.2, 0.25) is 5.02 Å². The van der Waals surface area contributed by atoms with Gasteiger partial charge in [-0.1, -0.05) is 17.5 Å². The first-order valence-electron chi connectivity index (χ1n) is 4.98. The van der Waals surface area contributed by atoms with E-state index in [0.717, 1.165) is 0 Å². The molecular weight excluding hydrogens is 244 g/mol. The van der Waals surface area contributed by atoms with Gasteiger partial charge in [-0.15, -0.1) is 0 Å². The van der Waals surface area contributed by atoms with Gasteiger partial charge in [0.25, 0.3) is 0 Å². The molecule has 0 fully saturated rings. The molecule has 1 aliphatic rings. The highest BCUT2D eigenvalue weighted by atomic mass is 35.5. The number of carbonyl (C=O) groups is 1. The molecule has 1 aliphatic heterocycles. The summed E-state index contributed by atoms with van der Waals surface area (Å²) in [6.45, 7) is 2.18. The lowest BCUT2D eigenvalue weighted by atomic mass is 10.2. The lowest BCUT2D eigenvalue weighted by Crippen LogP contribution is -1.99. The second-order valence-corrected chi connectivity index (χ2v) is 3.56. The summed E-state index contributed by atoms with van der Waals surface area (Å²) in [6.07, 6.45) is 0. The van der Waals surface area contributed by atoms with Crippen LogP contribution >= 0.6 is 11.6 Å². The van der Waals surface area contributed by atoms with Crippen molar-refractivity contribution in [2.45, 2.75) is 6.92 Å². The zero-order chi connectivity index (χ0) is 12.3. The Hall–Kier alpha value is -1.86. The van der Waals surface area contributed by atoms with E-state index in [1.165, 1.54) is 0 Å². The smallest absolute Gasteiger partial charge is 0.384 e. The van der Waals surface area contributed by atoms with Gasteiger partial charge in [-0.25, -0.2) is 4.79 Å². The number of carbonyl (C=O) groups excluding carboxylic acids is 1. The van der Waals surface area contributed by atoms with Crippen LogP contribution in [0.15, 0.2) is 12.1 Å². The molecule has 0 saturated heterocycles. The summed E-state index contributed by atoms with van der Waals surface area (Å²) in [5.74, 6) is 5.54. The van der Waals surface area contributed by atoms with Crippen LogP contribution in [-0.4, -0.2) is 19.4 Å². The summed E-state index contributed by atoms with van der Waals surface area (Å²) in [6, 6.07) is 3.25. The number of benzene rings is 1. The van der Waals surface area contributed by atoms with Gasteiger partial charge in [0, 0.05) is 23.6 Å². The van der Waals surface area contributed by atoms with Crippen LogP contribution in [0.1, 0.15) is 12.5 Å². The Bertz CT molecular complexity index is 513. The van der Waals surface area contributed by atoms with E-state index in [4.69, 9.17) is 21.1 Å². The molecule has 0 bridgehead atoms. The topological polar surface area (TPSA) is 44.8 Å². The molecule has 1 aromatic carbocycles. The minimum absolute atomic E-state index is 0.167. The Kier molecular flexibility index (Phi) is 3.40. The number of ether oxygens (including phenoxy) is 3. The van der Waals surface area contributed by atoms with Gasteiger partial charge in [0.2, 0.25) is 6.79 Å². The van der Waals surface area contributed by atoms with Crippen molar-refractivity contribution in [1.29, 1.82) is 0 Å². The molecule has 0 amide bonds. The summed E-state index contributed by atoms with van der Waals surface area (Å²) in [4.78, 5) is 11.1. The van der Waals surface area contributed by atoms with Gasteiger partial charge in [-0.2, -0.15) is 0 Å². The van der Waals surface area contributed by atoms with Crippen LogP contribution in [-0.2, 0) is 9.53 Å². The van der Waals surface area contributed by atoms with E-state index >= 15 is 0 Å². The molecule has 0 aromatic heterocycles. The maximum Gasteiger partial charge on any atom is 0.384 e. The summed E-state index contributed by atoms with van der Waals surface area (Å²) in [5.41, 5.74) is 0.504. The van der Waals surface area contributed by atoms with Crippen molar-refractivity contribution >= 4 is 17.6 Å². The molecule has 1 aromatic rings. The lowest BCUT2D eigenvalue weighted by molar-refractivity contribution is -0.136. The number of esters is 1. The molecule has 2 rings (SSSR count). The fourth-order valence-corrected chi connectivity index (χ4v) is 1.50. The van der Waals surface area contributed by atoms with E-state index in [2.05, 4.69) is 16.6 Å². The summed E-state index contributed by atoms with van der Waals surface area (Å²) in [5, 5.41) is 0.408. The molecule has 88 valence electrons. The van der Waals surface area contributed by atoms with E-state index in [0.29, 0.717) is 28.7 Å². The van der Waals surface area contributed by atoms with Crippen LogP contribution in [0.4, 0.5) is 0 Å². The fraction of sp³-hybridized carbons (Fsp3) is 0.250. The fourth-order valence-electron chi connectivity index (χ4n) is 1.30. The average molecular weight is 253 g/mol. The van der Waals surface area contributed by atoms with Crippen LogP contribution < -0.4 is 9.47 Å². The molecule has 4 nitrogen and oxygen atoms in total. The number of fused-ring (bicyclic) bond motifs is 1. The first kappa shape index (κ1) is 11.6. The third kappa shape index (κ3) is 2.63. The Balaban J connectivity index is 2.24. The number of halogens is 1. The Labute approximate surface area is 103 Å². The SMILES string of the molecule is CCOC(=O)C#Cc1cc2c(cc1Cl)OCO2. The van der Waals surface area contributed by atoms with E-state index in [1.807, 2.05) is 0 Å². The van der Waals surface area contributed by atoms with Gasteiger partial charge >= 0.3 is 5.97 Å². The van der Waals surface area contributed by atoms with Gasteiger partial charge in [-0.3, -0.25) is 0 Å². The second kappa shape index (κ2) is 4.98. The normalized spacial score (nSPS) is 11.6. The molecular formula is C12H9ClO4. The van der Waals surface area contributed by atoms with Crippen LogP contribution in [0.25, 0.3) is 0 Å². The zero-order valence-electron chi connectivity index (χ0n) is 9.08. The quantitative estimate of drug-likeness (QED) is 0.566. The maximum atomic E-state index is 11.1. The van der Waals surface area contributed by atoms with Crippen LogP contribution in [0.5, 0.6) is 11.5 Å². The molecule has 5 heteroatoms. The van der Waals surface area contributed by atoms with Gasteiger partial charge in [0.15, 0.2) is 11.5 Å². The van der Waals surface area contributed by atoms with E-state index < -0.39 is 5.97 Å². The molecule has 1 heterocycles. The first-order valence-corrected chi connectivity index (χ1v) is 5.36. The molecule has 0 N–H and O–H groups in total. The Morgan fingerprint density at radius 1 is 1.47 bits per heavy atom. The molecule has 0 atom stereocenters. The molecule has 0 radical (unpaired) electrons. The molecule has 0 aliphatic carbocycles. The van der Waals surface area contributed by atoms with E-state index in [1.54, 1.807) is 19.1 Å². The number of rotatable bonds is 1. The average Bonchev–Trinajstić information content (AvgIpc) is 2.73. The minimum atomic E-state index is -0.582. The van der Waals surface area contributed by atoms with Crippen molar-refractivity contribution in [2.75, 3.05) is 13.4 Å². The Morgan fingerprint density at radius 2 is 2.18 bits per heavy atom. The molecule has 17 heavy (non-hydrogen) atoms. The molecule has 0 saturated carbocycles. The highest BCUT2D eigenvalue weighted by molar-refractivity contribution is 6.32. The van der Waals surface area contributed by atoms with Gasteiger partial charge in [-0.05, 0) is 6.92 Å². The highest BCUT2D eigenvalue weighted by Crippen LogP contribution is 2.36. The first-order chi connectivity index (χ1) is 8.20. The van der Waals surface area contributed by atoms with Gasteiger partial charge in [0.05, 0.1) is 11.6 Å². The third-order valence-electron chi connectivity index (χ3n) is 2.04. The van der Waals surface area contributed by atoms with Crippen molar-refractivity contribution < 1.29 is 19.0 Å². The van der Waals surface area contributed by atoms with E-state index in [-0.39, 0.29) is 6.79 Å². The molecule has 0 spiro atoms. The van der Waals surface area contributed by atoms with E-state index in [9.17, 15) is 4.79 Å². The van der Waals surface area contributed by atoms with Crippen molar-refractivity contribution in [1.82, 2.24) is 0 Å². The van der Waals surface area contributed by atoms with Crippen molar-refractivity contribution in [3.05, 3.63) is 22.7 Å². The minimum Gasteiger partial charge on any atom is -0.456 e. The predicted molar refractivity (Wildman–Crippen MR) is 61.1 cm³/mol.